The number of nitrogens with zero attached hydrogens (tertiary/aromatic N) is 5. The van der Waals surface area contributed by atoms with Crippen molar-refractivity contribution in [3.8, 4) is 11.4 Å². The Kier molecular flexibility index (Phi) is 6.01. The van der Waals surface area contributed by atoms with E-state index >= 15 is 0 Å². The van der Waals surface area contributed by atoms with Crippen LogP contribution in [0.1, 0.15) is 41.9 Å². The van der Waals surface area contributed by atoms with Gasteiger partial charge in [-0.1, -0.05) is 23.8 Å². The van der Waals surface area contributed by atoms with Crippen molar-refractivity contribution in [2.24, 2.45) is 4.99 Å². The maximum Gasteiger partial charge on any atom is 0.261 e. The number of aromatic nitrogens is 5. The number of H-pyrrole nitrogens is 2. The van der Waals surface area contributed by atoms with Crippen LogP contribution >= 0.6 is 0 Å². The molecule has 0 amide bonds. The van der Waals surface area contributed by atoms with E-state index < -0.39 is 5.92 Å². The number of hydrogen-bond donors (Lipinski definition) is 3. The number of rotatable bonds is 7. The van der Waals surface area contributed by atoms with Crippen molar-refractivity contribution in [3.05, 3.63) is 101 Å². The molecule has 0 saturated carbocycles. The lowest BCUT2D eigenvalue weighted by Crippen LogP contribution is -2.26. The molecule has 0 aromatic carbocycles. The first-order valence-electron chi connectivity index (χ1n) is 13.5. The lowest BCUT2D eigenvalue weighted by atomic mass is 9.98. The first-order valence-corrected chi connectivity index (χ1v) is 13.5. The Balaban J connectivity index is 1.24. The van der Waals surface area contributed by atoms with Gasteiger partial charge in [0.25, 0.3) is 5.92 Å². The second-order valence-electron chi connectivity index (χ2n) is 10.8. The molecule has 0 spiro atoms. The summed E-state index contributed by atoms with van der Waals surface area (Å²) in [6.45, 7) is 6.17. The smallest absolute Gasteiger partial charge is 0.261 e. The number of fused-ring (bicyclic) bond motifs is 4. The zero-order valence-electron chi connectivity index (χ0n) is 22.5. The first-order chi connectivity index (χ1) is 19.9. The third-order valence-corrected chi connectivity index (χ3v) is 7.68. The van der Waals surface area contributed by atoms with E-state index in [4.69, 9.17) is 4.98 Å². The zero-order valence-corrected chi connectivity index (χ0v) is 22.5. The fourth-order valence-electron chi connectivity index (χ4n) is 5.71. The molecule has 41 heavy (non-hydrogen) atoms. The molecule has 4 aromatic rings. The van der Waals surface area contributed by atoms with Crippen LogP contribution in [0.4, 0.5) is 8.78 Å². The Morgan fingerprint density at radius 2 is 2.17 bits per heavy atom. The average Bonchev–Trinajstić information content (AvgIpc) is 3.25. The maximum atomic E-state index is 13.7. The van der Waals surface area contributed by atoms with Crippen LogP contribution in [0.15, 0.2) is 83.4 Å². The minimum Gasteiger partial charge on any atom is -0.373 e. The van der Waals surface area contributed by atoms with Gasteiger partial charge in [-0.3, -0.25) is 20.0 Å². The van der Waals surface area contributed by atoms with E-state index in [0.29, 0.717) is 30.0 Å². The quantitative estimate of drug-likeness (QED) is 0.157. The molecular weight excluding hydrogens is 522 g/mol. The van der Waals surface area contributed by atoms with Crippen molar-refractivity contribution in [2.45, 2.75) is 25.3 Å². The highest BCUT2D eigenvalue weighted by Gasteiger charge is 2.38. The summed E-state index contributed by atoms with van der Waals surface area (Å²) < 4.78 is 27.4. The highest BCUT2D eigenvalue weighted by molar-refractivity contribution is 5.93. The van der Waals surface area contributed by atoms with E-state index in [1.165, 1.54) is 0 Å². The first kappa shape index (κ1) is 25.3. The van der Waals surface area contributed by atoms with E-state index in [9.17, 15) is 8.78 Å². The molecular formula is C31H28F2N8. The van der Waals surface area contributed by atoms with Gasteiger partial charge in [0.2, 0.25) is 0 Å². The molecule has 7 rings (SSSR count). The van der Waals surface area contributed by atoms with Gasteiger partial charge in [-0.25, -0.2) is 13.8 Å². The third-order valence-electron chi connectivity index (χ3n) is 7.68. The summed E-state index contributed by atoms with van der Waals surface area (Å²) in [6.07, 6.45) is 11.4. The normalized spacial score (nSPS) is 20.1. The average molecular weight is 551 g/mol. The van der Waals surface area contributed by atoms with Gasteiger partial charge in [0.15, 0.2) is 0 Å². The number of allylic oxidation sites excluding steroid dienone is 4. The van der Waals surface area contributed by atoms with Gasteiger partial charge in [0.05, 0.1) is 29.1 Å². The molecule has 2 aliphatic heterocycles. The van der Waals surface area contributed by atoms with Crippen LogP contribution in [-0.2, 0) is 0 Å². The summed E-state index contributed by atoms with van der Waals surface area (Å²) in [5.41, 5.74) is 10.9. The molecule has 6 heterocycles. The molecule has 3 aliphatic rings. The molecule has 10 heteroatoms. The van der Waals surface area contributed by atoms with Crippen LogP contribution in [0.2, 0.25) is 0 Å². The molecule has 1 aliphatic carbocycles. The van der Waals surface area contributed by atoms with Crippen LogP contribution in [0.25, 0.3) is 33.6 Å². The SMILES string of the molecule is C=N/C=C(\C=C(/C)CN1CCC(F)(F)C1)c1ccc2[nH]nc(-c3cc4c([nH]3)C3NC3=CC=C4c3cccnc3)c2n1. The number of halogens is 2. The number of alkyl halides is 2. The van der Waals surface area contributed by atoms with Crippen LogP contribution < -0.4 is 5.32 Å². The van der Waals surface area contributed by atoms with E-state index in [-0.39, 0.29) is 19.0 Å². The Morgan fingerprint density at radius 1 is 1.27 bits per heavy atom. The molecule has 0 bridgehead atoms. The summed E-state index contributed by atoms with van der Waals surface area (Å²) in [5.74, 6) is -2.62. The topological polar surface area (TPSA) is 108 Å². The van der Waals surface area contributed by atoms with Crippen molar-refractivity contribution < 1.29 is 8.78 Å². The predicted octanol–water partition coefficient (Wildman–Crippen LogP) is 5.65. The van der Waals surface area contributed by atoms with Crippen molar-refractivity contribution in [3.63, 3.8) is 0 Å². The van der Waals surface area contributed by atoms with Gasteiger partial charge >= 0.3 is 0 Å². The monoisotopic (exact) mass is 550 g/mol. The molecule has 2 saturated heterocycles. The minimum absolute atomic E-state index is 0.102. The summed E-state index contributed by atoms with van der Waals surface area (Å²) in [5, 5.41) is 11.2. The van der Waals surface area contributed by atoms with E-state index in [0.717, 1.165) is 50.4 Å². The number of hydrogen-bond acceptors (Lipinski definition) is 6. The molecule has 1 unspecified atom stereocenters. The van der Waals surface area contributed by atoms with Gasteiger partial charge in [-0.05, 0) is 49.6 Å². The molecule has 206 valence electrons. The highest BCUT2D eigenvalue weighted by atomic mass is 19.3. The Hall–Kier alpha value is -4.70. The van der Waals surface area contributed by atoms with Crippen molar-refractivity contribution >= 4 is 28.9 Å². The largest absolute Gasteiger partial charge is 0.373 e. The highest BCUT2D eigenvalue weighted by Crippen LogP contribution is 2.43. The zero-order chi connectivity index (χ0) is 28.1. The number of pyridine rings is 2. The molecule has 2 fully saturated rings. The predicted molar refractivity (Wildman–Crippen MR) is 156 cm³/mol. The van der Waals surface area contributed by atoms with Gasteiger partial charge in [0.1, 0.15) is 17.3 Å². The lowest BCUT2D eigenvalue weighted by Gasteiger charge is -2.16. The minimum atomic E-state index is -2.62. The van der Waals surface area contributed by atoms with Gasteiger partial charge in [0, 0.05) is 60.5 Å². The number of aliphatic imine (C=N–C) groups is 1. The van der Waals surface area contributed by atoms with Crippen LogP contribution in [-0.4, -0.2) is 62.3 Å². The molecule has 0 radical (unpaired) electrons. The van der Waals surface area contributed by atoms with E-state index in [1.807, 2.05) is 37.4 Å². The van der Waals surface area contributed by atoms with Gasteiger partial charge < -0.3 is 10.3 Å². The number of aromatic amines is 2. The Morgan fingerprint density at radius 3 is 2.95 bits per heavy atom. The van der Waals surface area contributed by atoms with Gasteiger partial charge in [-0.2, -0.15) is 5.10 Å². The number of nitrogens with one attached hydrogen (secondary N) is 3. The molecule has 3 N–H and O–H groups in total. The molecule has 4 aromatic heterocycles. The Labute approximate surface area is 235 Å². The molecule has 8 nitrogen and oxygen atoms in total. The standard InChI is InChI=1S/C31H28F2N8/c1-18(16-41-11-9-31(32,33)17-41)12-20(14-34-2)23-7-8-25-29(36-23)30(40-39-25)26-13-22-21(19-4-3-10-35-15-19)5-6-24-28(37-24)27(22)38-26/h3-8,10,12-15,28,37-38H,2,9,11,16-17H2,1H3,(H,39,40)/b18-12+,20-14+. The van der Waals surface area contributed by atoms with E-state index in [1.54, 1.807) is 17.3 Å². The Bertz CT molecular complexity index is 1790. The van der Waals surface area contributed by atoms with Crippen molar-refractivity contribution in [1.82, 2.24) is 35.4 Å². The molecule has 1 atom stereocenters. The summed E-state index contributed by atoms with van der Waals surface area (Å²) >= 11 is 0. The number of likely N-dealkylation sites (tertiary alicyclic amines) is 1. The summed E-state index contributed by atoms with van der Waals surface area (Å²) in [6, 6.07) is 10.1. The van der Waals surface area contributed by atoms with Crippen LogP contribution in [0, 0.1) is 0 Å². The fraction of sp³-hybridized carbons (Fsp3) is 0.226. The lowest BCUT2D eigenvalue weighted by molar-refractivity contribution is 0.0131. The van der Waals surface area contributed by atoms with Gasteiger partial charge in [-0.15, -0.1) is 0 Å². The second-order valence-corrected chi connectivity index (χ2v) is 10.8. The summed E-state index contributed by atoms with van der Waals surface area (Å²) in [4.78, 5) is 18.6. The van der Waals surface area contributed by atoms with Crippen LogP contribution in [0.3, 0.4) is 0 Å². The second kappa shape index (κ2) is 9.74. The van der Waals surface area contributed by atoms with Crippen molar-refractivity contribution in [1.29, 1.82) is 0 Å². The van der Waals surface area contributed by atoms with Crippen LogP contribution in [0.5, 0.6) is 0 Å². The maximum absolute atomic E-state index is 13.7. The van der Waals surface area contributed by atoms with E-state index in [2.05, 4.69) is 61.5 Å². The van der Waals surface area contributed by atoms with Crippen molar-refractivity contribution in [2.75, 3.05) is 19.6 Å². The third kappa shape index (κ3) is 4.80. The summed E-state index contributed by atoms with van der Waals surface area (Å²) in [7, 11) is 0. The fourth-order valence-corrected chi connectivity index (χ4v) is 5.71.